The molecule has 0 spiro atoms. The van der Waals surface area contributed by atoms with Crippen molar-refractivity contribution in [1.82, 2.24) is 4.90 Å². The smallest absolute Gasteiger partial charge is 0.164 e. The Balaban J connectivity index is 1.84. The first-order chi connectivity index (χ1) is 8.65. The summed E-state index contributed by atoms with van der Waals surface area (Å²) < 4.78 is 5.47. The average Bonchev–Trinajstić information content (AvgIpc) is 2.36. The fourth-order valence-corrected chi connectivity index (χ4v) is 2.35. The van der Waals surface area contributed by atoms with Gasteiger partial charge in [0.2, 0.25) is 0 Å². The lowest BCUT2D eigenvalue weighted by molar-refractivity contribution is -0.0180. The maximum absolute atomic E-state index is 12.0. The van der Waals surface area contributed by atoms with Gasteiger partial charge >= 0.3 is 0 Å². The molecular formula is C14H18ClNO2. The number of hydrogen-bond acceptors (Lipinski definition) is 3. The molecule has 1 aromatic rings. The zero-order valence-electron chi connectivity index (χ0n) is 10.6. The standard InChI is InChI=1S/C14H18ClNO2/c1-11-10-16(7-8-18-11)6-5-14(17)12-3-2-4-13(15)9-12/h2-4,9,11H,5-8,10H2,1H3. The normalized spacial score (nSPS) is 20.9. The van der Waals surface area contributed by atoms with Gasteiger partial charge in [0.15, 0.2) is 5.78 Å². The van der Waals surface area contributed by atoms with Crippen molar-refractivity contribution in [2.45, 2.75) is 19.4 Å². The first-order valence-electron chi connectivity index (χ1n) is 6.28. The first kappa shape index (κ1) is 13.5. The van der Waals surface area contributed by atoms with Crippen LogP contribution in [-0.4, -0.2) is 43.0 Å². The molecule has 1 fully saturated rings. The largest absolute Gasteiger partial charge is 0.376 e. The number of nitrogens with zero attached hydrogens (tertiary/aromatic N) is 1. The summed E-state index contributed by atoms with van der Waals surface area (Å²) in [5.41, 5.74) is 0.698. The number of ether oxygens (including phenoxy) is 1. The van der Waals surface area contributed by atoms with Crippen LogP contribution >= 0.6 is 11.6 Å². The van der Waals surface area contributed by atoms with Crippen molar-refractivity contribution in [2.75, 3.05) is 26.2 Å². The second kappa shape index (κ2) is 6.32. The van der Waals surface area contributed by atoms with Crippen LogP contribution < -0.4 is 0 Å². The molecule has 1 aliphatic rings. The molecular weight excluding hydrogens is 250 g/mol. The third-order valence-corrected chi connectivity index (χ3v) is 3.36. The number of halogens is 1. The molecule has 0 amide bonds. The predicted molar refractivity (Wildman–Crippen MR) is 72.3 cm³/mol. The highest BCUT2D eigenvalue weighted by atomic mass is 35.5. The van der Waals surface area contributed by atoms with Gasteiger partial charge in [-0.2, -0.15) is 0 Å². The molecule has 4 heteroatoms. The number of Topliss-reactive ketones (excluding diaryl/α,β-unsaturated/α-hetero) is 1. The van der Waals surface area contributed by atoms with E-state index in [0.29, 0.717) is 17.0 Å². The zero-order valence-corrected chi connectivity index (χ0v) is 11.3. The van der Waals surface area contributed by atoms with Gasteiger partial charge < -0.3 is 4.74 Å². The monoisotopic (exact) mass is 267 g/mol. The lowest BCUT2D eigenvalue weighted by atomic mass is 10.1. The highest BCUT2D eigenvalue weighted by molar-refractivity contribution is 6.31. The van der Waals surface area contributed by atoms with Gasteiger partial charge in [0, 0.05) is 36.6 Å². The maximum Gasteiger partial charge on any atom is 0.164 e. The van der Waals surface area contributed by atoms with Gasteiger partial charge in [0.1, 0.15) is 0 Å². The van der Waals surface area contributed by atoms with Crippen LogP contribution in [-0.2, 0) is 4.74 Å². The first-order valence-corrected chi connectivity index (χ1v) is 6.65. The molecule has 1 atom stereocenters. The second-order valence-electron chi connectivity index (χ2n) is 4.67. The third kappa shape index (κ3) is 3.80. The molecule has 3 nitrogen and oxygen atoms in total. The molecule has 0 saturated carbocycles. The molecule has 0 N–H and O–H groups in total. The minimum atomic E-state index is 0.150. The molecule has 18 heavy (non-hydrogen) atoms. The van der Waals surface area contributed by atoms with E-state index in [2.05, 4.69) is 11.8 Å². The predicted octanol–water partition coefficient (Wildman–Crippen LogP) is 2.63. The molecule has 0 aliphatic carbocycles. The lowest BCUT2D eigenvalue weighted by Gasteiger charge is -2.30. The summed E-state index contributed by atoms with van der Waals surface area (Å²) in [6.07, 6.45) is 0.799. The van der Waals surface area contributed by atoms with Gasteiger partial charge in [-0.05, 0) is 19.1 Å². The number of ketones is 1. The van der Waals surface area contributed by atoms with Crippen LogP contribution in [0, 0.1) is 0 Å². The van der Waals surface area contributed by atoms with Crippen molar-refractivity contribution >= 4 is 17.4 Å². The Bertz CT molecular complexity index is 422. The summed E-state index contributed by atoms with van der Waals surface area (Å²) in [6, 6.07) is 7.14. The molecule has 0 aromatic heterocycles. The molecule has 98 valence electrons. The summed E-state index contributed by atoms with van der Waals surface area (Å²) in [7, 11) is 0. The fourth-order valence-electron chi connectivity index (χ4n) is 2.16. The van der Waals surface area contributed by atoms with Crippen LogP contribution in [0.4, 0.5) is 0 Å². The molecule has 2 rings (SSSR count). The summed E-state index contributed by atoms with van der Waals surface area (Å²) in [5, 5.41) is 0.612. The van der Waals surface area contributed by atoms with E-state index in [0.717, 1.165) is 26.2 Å². The average molecular weight is 268 g/mol. The Morgan fingerprint density at radius 3 is 3.11 bits per heavy atom. The third-order valence-electron chi connectivity index (χ3n) is 3.13. The Labute approximate surface area is 113 Å². The van der Waals surface area contributed by atoms with E-state index in [1.807, 2.05) is 12.1 Å². The van der Waals surface area contributed by atoms with Crippen LogP contribution in [0.25, 0.3) is 0 Å². The van der Waals surface area contributed by atoms with Gasteiger partial charge in [0.25, 0.3) is 0 Å². The summed E-state index contributed by atoms with van der Waals surface area (Å²) in [4.78, 5) is 14.3. The van der Waals surface area contributed by atoms with E-state index in [9.17, 15) is 4.79 Å². The van der Waals surface area contributed by atoms with E-state index >= 15 is 0 Å². The van der Waals surface area contributed by atoms with E-state index in [-0.39, 0.29) is 11.9 Å². The van der Waals surface area contributed by atoms with Crippen molar-refractivity contribution in [2.24, 2.45) is 0 Å². The number of morpholine rings is 1. The zero-order chi connectivity index (χ0) is 13.0. The Morgan fingerprint density at radius 2 is 2.39 bits per heavy atom. The number of carbonyl (C=O) groups is 1. The lowest BCUT2D eigenvalue weighted by Crippen LogP contribution is -2.41. The highest BCUT2D eigenvalue weighted by Crippen LogP contribution is 2.13. The van der Waals surface area contributed by atoms with E-state index < -0.39 is 0 Å². The van der Waals surface area contributed by atoms with Gasteiger partial charge in [0.05, 0.1) is 12.7 Å². The summed E-state index contributed by atoms with van der Waals surface area (Å²) in [6.45, 7) is 5.42. The number of carbonyl (C=O) groups excluding carboxylic acids is 1. The Hall–Kier alpha value is -0.900. The minimum Gasteiger partial charge on any atom is -0.376 e. The SMILES string of the molecule is CC1CN(CCC(=O)c2cccc(Cl)c2)CCO1. The van der Waals surface area contributed by atoms with E-state index in [1.54, 1.807) is 12.1 Å². The van der Waals surface area contributed by atoms with Crippen molar-refractivity contribution < 1.29 is 9.53 Å². The molecule has 1 saturated heterocycles. The van der Waals surface area contributed by atoms with Crippen LogP contribution in [0.1, 0.15) is 23.7 Å². The molecule has 1 heterocycles. The quantitative estimate of drug-likeness (QED) is 0.786. The Kier molecular flexibility index (Phi) is 4.75. The minimum absolute atomic E-state index is 0.150. The number of benzene rings is 1. The maximum atomic E-state index is 12.0. The molecule has 1 unspecified atom stereocenters. The molecule has 1 aromatic carbocycles. The van der Waals surface area contributed by atoms with Crippen molar-refractivity contribution in [3.63, 3.8) is 0 Å². The highest BCUT2D eigenvalue weighted by Gasteiger charge is 2.17. The topological polar surface area (TPSA) is 29.5 Å². The van der Waals surface area contributed by atoms with E-state index in [1.165, 1.54) is 0 Å². The van der Waals surface area contributed by atoms with E-state index in [4.69, 9.17) is 16.3 Å². The molecule has 0 bridgehead atoms. The van der Waals surface area contributed by atoms with Crippen LogP contribution in [0.2, 0.25) is 5.02 Å². The number of rotatable bonds is 4. The molecule has 1 aliphatic heterocycles. The van der Waals surface area contributed by atoms with Gasteiger partial charge in [-0.1, -0.05) is 23.7 Å². The Morgan fingerprint density at radius 1 is 1.56 bits per heavy atom. The summed E-state index contributed by atoms with van der Waals surface area (Å²) in [5.74, 6) is 0.150. The van der Waals surface area contributed by atoms with Gasteiger partial charge in [-0.15, -0.1) is 0 Å². The van der Waals surface area contributed by atoms with Crippen LogP contribution in [0.5, 0.6) is 0 Å². The fraction of sp³-hybridized carbons (Fsp3) is 0.500. The van der Waals surface area contributed by atoms with Gasteiger partial charge in [-0.3, -0.25) is 9.69 Å². The molecule has 0 radical (unpaired) electrons. The van der Waals surface area contributed by atoms with Crippen molar-refractivity contribution in [1.29, 1.82) is 0 Å². The van der Waals surface area contributed by atoms with Crippen LogP contribution in [0.3, 0.4) is 0 Å². The number of hydrogen-bond donors (Lipinski definition) is 0. The van der Waals surface area contributed by atoms with Crippen molar-refractivity contribution in [3.05, 3.63) is 34.9 Å². The van der Waals surface area contributed by atoms with Crippen LogP contribution in [0.15, 0.2) is 24.3 Å². The summed E-state index contributed by atoms with van der Waals surface area (Å²) >= 11 is 5.88. The van der Waals surface area contributed by atoms with Gasteiger partial charge in [-0.25, -0.2) is 0 Å². The van der Waals surface area contributed by atoms with Crippen molar-refractivity contribution in [3.8, 4) is 0 Å². The second-order valence-corrected chi connectivity index (χ2v) is 5.10.